The topological polar surface area (TPSA) is 89.3 Å². The van der Waals surface area contributed by atoms with Gasteiger partial charge in [-0.2, -0.15) is 4.98 Å². The number of ether oxygens (including phenoxy) is 1. The zero-order valence-corrected chi connectivity index (χ0v) is 19.6. The predicted octanol–water partition coefficient (Wildman–Crippen LogP) is 4.45. The van der Waals surface area contributed by atoms with Crippen molar-refractivity contribution < 1.29 is 14.3 Å². The first-order valence-electron chi connectivity index (χ1n) is 11.4. The molecule has 3 heterocycles. The van der Waals surface area contributed by atoms with Crippen LogP contribution in [0.4, 0.5) is 11.9 Å². The van der Waals surface area contributed by atoms with Crippen LogP contribution in [0, 0.1) is 11.8 Å². The van der Waals surface area contributed by atoms with Crippen molar-refractivity contribution in [2.75, 3.05) is 17.3 Å². The minimum absolute atomic E-state index is 0.0983. The van der Waals surface area contributed by atoms with E-state index in [0.29, 0.717) is 23.8 Å². The highest BCUT2D eigenvalue weighted by Gasteiger charge is 2.49. The van der Waals surface area contributed by atoms with Crippen LogP contribution in [0.1, 0.15) is 30.0 Å². The number of rotatable bonds is 4. The maximum atomic E-state index is 13.1. The standard InChI is InChI=1S/C26H22ClN5O3/c1-35-18-12-8-16(9-13-18)22-14-21(15-6-10-17(27)11-7-15)28-25-29-26(30-32(22)25)31-23(33)19-4-2-3-5-20(19)24(31)34/h2-3,6-14,19-20,22H,4-5H2,1H3,(H,28,29,30)/t19-,20+,22-/m0/s1. The molecule has 2 aromatic carbocycles. The minimum Gasteiger partial charge on any atom is -0.497 e. The molecule has 3 aromatic rings. The second-order valence-corrected chi connectivity index (χ2v) is 9.21. The van der Waals surface area contributed by atoms with Gasteiger partial charge < -0.3 is 10.1 Å². The van der Waals surface area contributed by atoms with Crippen molar-refractivity contribution >= 4 is 41.0 Å². The molecule has 1 saturated heterocycles. The fourth-order valence-electron chi connectivity index (χ4n) is 4.91. The number of anilines is 2. The highest BCUT2D eigenvalue weighted by atomic mass is 35.5. The Balaban J connectivity index is 1.42. The van der Waals surface area contributed by atoms with Crippen molar-refractivity contribution in [3.8, 4) is 5.75 Å². The summed E-state index contributed by atoms with van der Waals surface area (Å²) in [5, 5.41) is 8.60. The van der Waals surface area contributed by atoms with Gasteiger partial charge >= 0.3 is 0 Å². The van der Waals surface area contributed by atoms with Crippen LogP contribution >= 0.6 is 11.6 Å². The largest absolute Gasteiger partial charge is 0.497 e. The highest BCUT2D eigenvalue weighted by molar-refractivity contribution is 6.30. The lowest BCUT2D eigenvalue weighted by Gasteiger charge is -2.24. The van der Waals surface area contributed by atoms with Gasteiger partial charge in [0, 0.05) is 10.7 Å². The third-order valence-corrected chi connectivity index (χ3v) is 7.03. The molecule has 0 unspecified atom stereocenters. The smallest absolute Gasteiger partial charge is 0.260 e. The zero-order chi connectivity index (χ0) is 24.1. The average Bonchev–Trinajstić information content (AvgIpc) is 3.42. The van der Waals surface area contributed by atoms with Crippen molar-refractivity contribution in [3.05, 3.63) is 82.9 Å². The fraction of sp³-hybridized carbons (Fsp3) is 0.231. The van der Waals surface area contributed by atoms with Gasteiger partial charge in [0.05, 0.1) is 18.9 Å². The Kier molecular flexibility index (Phi) is 5.18. The number of carbonyl (C=O) groups is 2. The maximum Gasteiger partial charge on any atom is 0.260 e. The number of benzene rings is 2. The summed E-state index contributed by atoms with van der Waals surface area (Å²) in [6, 6.07) is 14.9. The number of nitrogens with one attached hydrogen (secondary N) is 1. The van der Waals surface area contributed by atoms with Gasteiger partial charge in [-0.05, 0) is 54.3 Å². The normalized spacial score (nSPS) is 23.0. The highest BCUT2D eigenvalue weighted by Crippen LogP contribution is 2.39. The van der Waals surface area contributed by atoms with Crippen LogP contribution in [0.15, 0.2) is 66.8 Å². The third-order valence-electron chi connectivity index (χ3n) is 6.77. The number of aromatic nitrogens is 3. The summed E-state index contributed by atoms with van der Waals surface area (Å²) in [5.74, 6) is 0.122. The molecule has 2 aliphatic heterocycles. The van der Waals surface area contributed by atoms with Crippen LogP contribution in [0.5, 0.6) is 5.75 Å². The zero-order valence-electron chi connectivity index (χ0n) is 18.9. The quantitative estimate of drug-likeness (QED) is 0.432. The summed E-state index contributed by atoms with van der Waals surface area (Å²) < 4.78 is 7.01. The van der Waals surface area contributed by atoms with E-state index >= 15 is 0 Å². The molecule has 35 heavy (non-hydrogen) atoms. The molecule has 1 aromatic heterocycles. The molecule has 9 heteroatoms. The van der Waals surface area contributed by atoms with E-state index in [1.54, 1.807) is 11.8 Å². The number of fused-ring (bicyclic) bond motifs is 2. The average molecular weight is 488 g/mol. The van der Waals surface area contributed by atoms with Crippen LogP contribution in [0.2, 0.25) is 5.02 Å². The summed E-state index contributed by atoms with van der Waals surface area (Å²) >= 11 is 6.09. The summed E-state index contributed by atoms with van der Waals surface area (Å²) in [5.41, 5.74) is 2.70. The summed E-state index contributed by atoms with van der Waals surface area (Å²) in [4.78, 5) is 32.0. The van der Waals surface area contributed by atoms with Gasteiger partial charge in [-0.15, -0.1) is 5.10 Å². The SMILES string of the molecule is COc1ccc([C@@H]2C=C(c3ccc(Cl)cc3)Nc3nc(N4C(=O)[C@H]5CC=CC[C@H]5C4=O)nn32)cc1. The Morgan fingerprint density at radius 1 is 0.971 bits per heavy atom. The summed E-state index contributed by atoms with van der Waals surface area (Å²) in [6.07, 6.45) is 7.09. The van der Waals surface area contributed by atoms with Crippen LogP contribution < -0.4 is 15.0 Å². The van der Waals surface area contributed by atoms with Gasteiger partial charge in [0.1, 0.15) is 11.8 Å². The van der Waals surface area contributed by atoms with Crippen LogP contribution in [0.3, 0.4) is 0 Å². The fourth-order valence-corrected chi connectivity index (χ4v) is 5.04. The van der Waals surface area contributed by atoms with Crippen molar-refractivity contribution in [1.82, 2.24) is 14.8 Å². The molecule has 1 N–H and O–H groups in total. The molecule has 1 fully saturated rings. The molecule has 0 bridgehead atoms. The van der Waals surface area contributed by atoms with Crippen LogP contribution in [-0.2, 0) is 9.59 Å². The van der Waals surface area contributed by atoms with Crippen molar-refractivity contribution in [2.45, 2.75) is 18.9 Å². The molecular formula is C26H22ClN5O3. The van der Waals surface area contributed by atoms with E-state index in [1.807, 2.05) is 66.8 Å². The van der Waals surface area contributed by atoms with Gasteiger partial charge in [-0.3, -0.25) is 9.59 Å². The molecule has 0 radical (unpaired) electrons. The summed E-state index contributed by atoms with van der Waals surface area (Å²) in [6.45, 7) is 0. The van der Waals surface area contributed by atoms with Gasteiger partial charge in [-0.25, -0.2) is 9.58 Å². The number of hydrogen-bond donors (Lipinski definition) is 1. The second-order valence-electron chi connectivity index (χ2n) is 8.78. The Morgan fingerprint density at radius 3 is 2.26 bits per heavy atom. The second kappa shape index (κ2) is 8.39. The molecule has 0 saturated carbocycles. The molecular weight excluding hydrogens is 466 g/mol. The monoisotopic (exact) mass is 487 g/mol. The van der Waals surface area contributed by atoms with E-state index in [-0.39, 0.29) is 35.6 Å². The lowest BCUT2D eigenvalue weighted by atomic mass is 9.85. The number of carbonyl (C=O) groups excluding carboxylic acids is 2. The number of allylic oxidation sites excluding steroid dienone is 3. The van der Waals surface area contributed by atoms with Crippen LogP contribution in [-0.4, -0.2) is 33.7 Å². The molecule has 2 amide bonds. The van der Waals surface area contributed by atoms with Gasteiger partial charge in [-0.1, -0.05) is 48.0 Å². The minimum atomic E-state index is -0.346. The summed E-state index contributed by atoms with van der Waals surface area (Å²) in [7, 11) is 1.62. The molecule has 0 spiro atoms. The number of amides is 2. The van der Waals surface area contributed by atoms with Gasteiger partial charge in [0.2, 0.25) is 17.8 Å². The first-order chi connectivity index (χ1) is 17.0. The first-order valence-corrected chi connectivity index (χ1v) is 11.8. The Labute approximate surface area is 206 Å². The first kappa shape index (κ1) is 21.6. The van der Waals surface area contributed by atoms with Crippen molar-refractivity contribution in [2.24, 2.45) is 11.8 Å². The molecule has 1 aliphatic carbocycles. The van der Waals surface area contributed by atoms with E-state index in [4.69, 9.17) is 16.3 Å². The molecule has 3 atom stereocenters. The predicted molar refractivity (Wildman–Crippen MR) is 132 cm³/mol. The number of hydrogen-bond acceptors (Lipinski definition) is 6. The molecule has 6 rings (SSSR count). The lowest BCUT2D eigenvalue weighted by Crippen LogP contribution is -2.32. The number of imide groups is 1. The van der Waals surface area contributed by atoms with E-state index in [1.165, 1.54) is 0 Å². The van der Waals surface area contributed by atoms with E-state index in [2.05, 4.69) is 15.4 Å². The molecule has 3 aliphatic rings. The van der Waals surface area contributed by atoms with Crippen molar-refractivity contribution in [1.29, 1.82) is 0 Å². The third kappa shape index (κ3) is 3.61. The molecule has 176 valence electrons. The van der Waals surface area contributed by atoms with Crippen LogP contribution in [0.25, 0.3) is 5.70 Å². The number of halogens is 1. The Morgan fingerprint density at radius 2 is 1.63 bits per heavy atom. The van der Waals surface area contributed by atoms with Crippen molar-refractivity contribution in [3.63, 3.8) is 0 Å². The van der Waals surface area contributed by atoms with E-state index < -0.39 is 0 Å². The molecule has 8 nitrogen and oxygen atoms in total. The Bertz CT molecular complexity index is 1350. The number of nitrogens with zero attached hydrogens (tertiary/aromatic N) is 4. The van der Waals surface area contributed by atoms with E-state index in [0.717, 1.165) is 27.5 Å². The maximum absolute atomic E-state index is 13.1. The van der Waals surface area contributed by atoms with E-state index in [9.17, 15) is 9.59 Å². The Hall–Kier alpha value is -3.91. The number of methoxy groups -OCH3 is 1. The lowest BCUT2D eigenvalue weighted by molar-refractivity contribution is -0.122. The van der Waals surface area contributed by atoms with Gasteiger partial charge in [0.15, 0.2) is 0 Å². The van der Waals surface area contributed by atoms with Gasteiger partial charge in [0.25, 0.3) is 5.95 Å².